The first-order chi connectivity index (χ1) is 6.16. The van der Waals surface area contributed by atoms with Gasteiger partial charge in [0.15, 0.2) is 5.76 Å². The zero-order valence-corrected chi connectivity index (χ0v) is 7.46. The van der Waals surface area contributed by atoms with Gasteiger partial charge in [0.1, 0.15) is 17.5 Å². The summed E-state index contributed by atoms with van der Waals surface area (Å²) in [4.78, 5) is 11.1. The predicted octanol–water partition coefficient (Wildman–Crippen LogP) is 1.48. The molecule has 0 bridgehead atoms. The van der Waals surface area contributed by atoms with Gasteiger partial charge in [-0.1, -0.05) is 5.16 Å². The molecule has 2 rings (SSSR count). The number of nitrogens with zero attached hydrogens (tertiary/aromatic N) is 1. The van der Waals surface area contributed by atoms with Gasteiger partial charge in [0.05, 0.1) is 0 Å². The van der Waals surface area contributed by atoms with Crippen molar-refractivity contribution in [2.75, 3.05) is 5.32 Å². The highest BCUT2D eigenvalue weighted by molar-refractivity contribution is 5.86. The first-order valence-electron chi connectivity index (χ1n) is 4.09. The van der Waals surface area contributed by atoms with Crippen LogP contribution >= 0.6 is 0 Å². The zero-order chi connectivity index (χ0) is 9.42. The van der Waals surface area contributed by atoms with Crippen LogP contribution in [0.3, 0.4) is 0 Å². The van der Waals surface area contributed by atoms with Crippen molar-refractivity contribution in [3.05, 3.63) is 11.5 Å². The van der Waals surface area contributed by atoms with E-state index >= 15 is 0 Å². The van der Waals surface area contributed by atoms with Crippen molar-refractivity contribution in [1.29, 1.82) is 0 Å². The number of aryl methyl sites for hydroxylation is 1. The number of hydrogen-bond acceptors (Lipinski definition) is 4. The number of rotatable bonds is 0. The molecule has 1 amide bonds. The minimum absolute atomic E-state index is 0.173. The van der Waals surface area contributed by atoms with Gasteiger partial charge in [0, 0.05) is 6.42 Å². The quantitative estimate of drug-likeness (QED) is 0.660. The number of cyclic esters (lactones) is 1. The van der Waals surface area contributed by atoms with E-state index in [-0.39, 0.29) is 6.10 Å². The molecule has 1 aromatic heterocycles. The maximum atomic E-state index is 11.1. The normalized spacial score (nSPS) is 21.4. The molecule has 0 saturated heterocycles. The van der Waals surface area contributed by atoms with E-state index in [1.807, 2.05) is 6.92 Å². The summed E-state index contributed by atoms with van der Waals surface area (Å²) in [5, 5.41) is 6.35. The van der Waals surface area contributed by atoms with Crippen LogP contribution < -0.4 is 5.32 Å². The van der Waals surface area contributed by atoms with Gasteiger partial charge in [-0.25, -0.2) is 4.79 Å². The van der Waals surface area contributed by atoms with Gasteiger partial charge >= 0.3 is 6.09 Å². The molecule has 1 unspecified atom stereocenters. The third-order valence-corrected chi connectivity index (χ3v) is 1.94. The van der Waals surface area contributed by atoms with Gasteiger partial charge in [-0.05, 0) is 13.8 Å². The number of carbonyl (C=O) groups is 1. The highest BCUT2D eigenvalue weighted by Gasteiger charge is 2.24. The minimum atomic E-state index is -0.447. The summed E-state index contributed by atoms with van der Waals surface area (Å²) in [6, 6.07) is 0. The second-order valence-corrected chi connectivity index (χ2v) is 3.11. The molecule has 1 aromatic rings. The molecule has 1 N–H and O–H groups in total. The number of nitrogens with one attached hydrogen (secondary N) is 1. The summed E-state index contributed by atoms with van der Waals surface area (Å²) in [5.41, 5.74) is 1.33. The van der Waals surface area contributed by atoms with E-state index in [4.69, 9.17) is 9.26 Å². The van der Waals surface area contributed by atoms with Crippen LogP contribution in [0.15, 0.2) is 4.52 Å². The summed E-state index contributed by atoms with van der Waals surface area (Å²) < 4.78 is 10.0. The number of ether oxygens (including phenoxy) is 1. The first-order valence-corrected chi connectivity index (χ1v) is 4.09. The fourth-order valence-corrected chi connectivity index (χ4v) is 1.33. The fourth-order valence-electron chi connectivity index (χ4n) is 1.33. The van der Waals surface area contributed by atoms with Gasteiger partial charge in [0.2, 0.25) is 0 Å². The smallest absolute Gasteiger partial charge is 0.412 e. The van der Waals surface area contributed by atoms with Crippen molar-refractivity contribution in [2.24, 2.45) is 0 Å². The van der Waals surface area contributed by atoms with E-state index in [0.717, 1.165) is 0 Å². The molecule has 0 aromatic carbocycles. The molecule has 70 valence electrons. The third kappa shape index (κ3) is 1.37. The number of anilines is 1. The fraction of sp³-hybridized carbons (Fsp3) is 0.500. The lowest BCUT2D eigenvalue weighted by Crippen LogP contribution is -2.17. The zero-order valence-electron chi connectivity index (χ0n) is 7.46. The van der Waals surface area contributed by atoms with E-state index in [1.54, 1.807) is 6.92 Å². The van der Waals surface area contributed by atoms with Crippen LogP contribution in [0.5, 0.6) is 0 Å². The maximum absolute atomic E-state index is 11.1. The van der Waals surface area contributed by atoms with E-state index < -0.39 is 6.09 Å². The van der Waals surface area contributed by atoms with Crippen molar-refractivity contribution in [3.63, 3.8) is 0 Å². The summed E-state index contributed by atoms with van der Waals surface area (Å²) in [6.45, 7) is 3.59. The van der Waals surface area contributed by atoms with Crippen LogP contribution in [0, 0.1) is 6.92 Å². The van der Waals surface area contributed by atoms with Crippen LogP contribution in [0.25, 0.3) is 0 Å². The Morgan fingerprint density at radius 3 is 3.15 bits per heavy atom. The van der Waals surface area contributed by atoms with E-state index in [1.165, 1.54) is 0 Å². The van der Waals surface area contributed by atoms with E-state index in [9.17, 15) is 4.79 Å². The van der Waals surface area contributed by atoms with Crippen molar-refractivity contribution < 1.29 is 14.1 Å². The number of fused-ring (bicyclic) bond motifs is 1. The molecule has 2 heterocycles. The lowest BCUT2D eigenvalue weighted by atomic mass is 10.2. The standard InChI is InChI=1S/C8H10N2O3/c1-4-3-6-7(5(2)10-13-6)9-8(11)12-4/h4H,3H2,1-2H3,(H,9,11). The summed E-state index contributed by atoms with van der Waals surface area (Å²) in [7, 11) is 0. The summed E-state index contributed by atoms with van der Waals surface area (Å²) in [5.74, 6) is 0.677. The van der Waals surface area contributed by atoms with Crippen LogP contribution in [-0.4, -0.2) is 17.4 Å². The van der Waals surface area contributed by atoms with Crippen LogP contribution in [0.1, 0.15) is 18.4 Å². The SMILES string of the molecule is Cc1noc2c1NC(=O)OC(C)C2. The van der Waals surface area contributed by atoms with Crippen LogP contribution in [0.2, 0.25) is 0 Å². The van der Waals surface area contributed by atoms with Gasteiger partial charge in [-0.3, -0.25) is 5.32 Å². The Morgan fingerprint density at radius 2 is 2.38 bits per heavy atom. The van der Waals surface area contributed by atoms with Crippen molar-refractivity contribution in [3.8, 4) is 0 Å². The largest absolute Gasteiger partial charge is 0.446 e. The summed E-state index contributed by atoms with van der Waals surface area (Å²) >= 11 is 0. The van der Waals surface area contributed by atoms with Gasteiger partial charge in [-0.15, -0.1) is 0 Å². The van der Waals surface area contributed by atoms with Crippen molar-refractivity contribution in [1.82, 2.24) is 5.16 Å². The first kappa shape index (κ1) is 8.10. The molecular formula is C8H10N2O3. The number of aromatic nitrogens is 1. The molecule has 13 heavy (non-hydrogen) atoms. The molecular weight excluding hydrogens is 172 g/mol. The van der Waals surface area contributed by atoms with E-state index in [2.05, 4.69) is 10.5 Å². The molecule has 0 fully saturated rings. The third-order valence-electron chi connectivity index (χ3n) is 1.94. The molecule has 5 heteroatoms. The van der Waals surface area contributed by atoms with Gasteiger partial charge in [0.25, 0.3) is 0 Å². The lowest BCUT2D eigenvalue weighted by molar-refractivity contribution is 0.119. The number of amides is 1. The molecule has 0 saturated carbocycles. The molecule has 0 radical (unpaired) electrons. The Labute approximate surface area is 75.0 Å². The van der Waals surface area contributed by atoms with E-state index in [0.29, 0.717) is 23.6 Å². The molecule has 5 nitrogen and oxygen atoms in total. The number of hydrogen-bond donors (Lipinski definition) is 1. The van der Waals surface area contributed by atoms with Crippen LogP contribution in [0.4, 0.5) is 10.5 Å². The average molecular weight is 182 g/mol. The maximum Gasteiger partial charge on any atom is 0.412 e. The Morgan fingerprint density at radius 1 is 1.62 bits per heavy atom. The Bertz CT molecular complexity index is 345. The predicted molar refractivity (Wildman–Crippen MR) is 44.5 cm³/mol. The van der Waals surface area contributed by atoms with Crippen molar-refractivity contribution >= 4 is 11.8 Å². The second kappa shape index (κ2) is 2.76. The number of carbonyl (C=O) groups excluding carboxylic acids is 1. The monoisotopic (exact) mass is 182 g/mol. The Balaban J connectivity index is 2.39. The molecule has 0 spiro atoms. The summed E-state index contributed by atoms with van der Waals surface area (Å²) in [6.07, 6.45) is -0.0549. The minimum Gasteiger partial charge on any atom is -0.446 e. The molecule has 1 atom stereocenters. The lowest BCUT2D eigenvalue weighted by Gasteiger charge is -2.06. The van der Waals surface area contributed by atoms with Gasteiger partial charge < -0.3 is 9.26 Å². The Kier molecular flexibility index (Phi) is 1.72. The van der Waals surface area contributed by atoms with Crippen LogP contribution in [-0.2, 0) is 11.2 Å². The second-order valence-electron chi connectivity index (χ2n) is 3.11. The van der Waals surface area contributed by atoms with Gasteiger partial charge in [-0.2, -0.15) is 0 Å². The molecule has 1 aliphatic rings. The highest BCUT2D eigenvalue weighted by Crippen LogP contribution is 2.24. The topological polar surface area (TPSA) is 64.4 Å². The Hall–Kier alpha value is -1.52. The van der Waals surface area contributed by atoms with Crippen molar-refractivity contribution in [2.45, 2.75) is 26.4 Å². The highest BCUT2D eigenvalue weighted by atomic mass is 16.6. The molecule has 0 aliphatic carbocycles. The average Bonchev–Trinajstić information content (AvgIpc) is 2.32. The molecule has 1 aliphatic heterocycles.